The summed E-state index contributed by atoms with van der Waals surface area (Å²) in [5.74, 6) is 0. The summed E-state index contributed by atoms with van der Waals surface area (Å²) in [4.78, 5) is 2.12. The van der Waals surface area contributed by atoms with Gasteiger partial charge in [0.05, 0.1) is 53.1 Å². The molecule has 2 heterocycles. The van der Waals surface area contributed by atoms with Gasteiger partial charge in [-0.1, -0.05) is 18.5 Å². The summed E-state index contributed by atoms with van der Waals surface area (Å²) in [5.41, 5.74) is 1.83. The summed E-state index contributed by atoms with van der Waals surface area (Å²) >= 11 is 7.53. The minimum absolute atomic E-state index is 0.0732. The second kappa shape index (κ2) is 7.12. The Morgan fingerprint density at radius 3 is 2.85 bits per heavy atom. The Kier molecular flexibility index (Phi) is 5.47. The molecule has 110 valence electrons. The number of likely N-dealkylation sites (N-methyl/N-ethyl adjacent to an activating group) is 1. The molecule has 2 aromatic heterocycles. The van der Waals surface area contributed by atoms with E-state index in [4.69, 9.17) is 11.6 Å². The molecule has 0 bridgehead atoms. The molecule has 1 atom stereocenters. The van der Waals surface area contributed by atoms with Crippen molar-refractivity contribution in [1.29, 1.82) is 0 Å². The number of nitrogens with one attached hydrogen (secondary N) is 1. The van der Waals surface area contributed by atoms with Crippen LogP contribution in [0, 0.1) is 0 Å². The molecule has 20 heavy (non-hydrogen) atoms. The number of hydrogen-bond donors (Lipinski definition) is 1. The first-order chi connectivity index (χ1) is 9.63. The van der Waals surface area contributed by atoms with Crippen LogP contribution in [0.5, 0.6) is 0 Å². The Morgan fingerprint density at radius 2 is 2.25 bits per heavy atom. The molecule has 0 fully saturated rings. The van der Waals surface area contributed by atoms with Crippen molar-refractivity contribution in [1.82, 2.24) is 28.7 Å². The summed E-state index contributed by atoms with van der Waals surface area (Å²) in [6.45, 7) is 4.56. The van der Waals surface area contributed by atoms with Gasteiger partial charge in [0.1, 0.15) is 0 Å². The van der Waals surface area contributed by atoms with Crippen LogP contribution in [-0.2, 0) is 6.54 Å². The highest BCUT2D eigenvalue weighted by atomic mass is 35.5. The van der Waals surface area contributed by atoms with Crippen LogP contribution in [0.2, 0.25) is 5.02 Å². The molecule has 2 rings (SSSR count). The molecule has 0 radical (unpaired) electrons. The van der Waals surface area contributed by atoms with Crippen molar-refractivity contribution in [3.63, 3.8) is 0 Å². The van der Waals surface area contributed by atoms with Crippen LogP contribution in [0.4, 0.5) is 0 Å². The lowest BCUT2D eigenvalue weighted by molar-refractivity contribution is 0.365. The van der Waals surface area contributed by atoms with E-state index in [1.165, 1.54) is 11.7 Å². The first kappa shape index (κ1) is 15.4. The fourth-order valence-electron chi connectivity index (χ4n) is 1.98. The van der Waals surface area contributed by atoms with Crippen molar-refractivity contribution >= 4 is 23.3 Å². The fraction of sp³-hybridized carbons (Fsp3) is 0.583. The van der Waals surface area contributed by atoms with E-state index in [1.807, 2.05) is 18.8 Å². The normalized spacial score (nSPS) is 13.1. The maximum atomic E-state index is 6.33. The monoisotopic (exact) mass is 314 g/mol. The zero-order valence-electron chi connectivity index (χ0n) is 11.9. The largest absolute Gasteiger partial charge is 0.308 e. The van der Waals surface area contributed by atoms with Gasteiger partial charge in [-0.3, -0.25) is 4.68 Å². The van der Waals surface area contributed by atoms with Gasteiger partial charge in [0.15, 0.2) is 0 Å². The summed E-state index contributed by atoms with van der Waals surface area (Å²) in [7, 11) is 4.08. The molecule has 1 N–H and O–H groups in total. The minimum atomic E-state index is -0.0732. The number of halogens is 1. The van der Waals surface area contributed by atoms with E-state index < -0.39 is 0 Å². The second-order valence-electron chi connectivity index (χ2n) is 4.73. The van der Waals surface area contributed by atoms with Crippen molar-refractivity contribution in [3.8, 4) is 0 Å². The minimum Gasteiger partial charge on any atom is -0.308 e. The van der Waals surface area contributed by atoms with Crippen molar-refractivity contribution < 1.29 is 0 Å². The molecule has 0 aliphatic heterocycles. The standard InChI is InChI=1S/C12H19ClN6S/c1-4-14-11(10-8-16-20-17-10)12-9(13)7-15-19(12)6-5-18(2)3/h7-8,11,14H,4-6H2,1-3H3. The predicted octanol–water partition coefficient (Wildman–Crippen LogP) is 1.65. The van der Waals surface area contributed by atoms with Gasteiger partial charge in [-0.05, 0) is 20.6 Å². The van der Waals surface area contributed by atoms with Crippen LogP contribution < -0.4 is 5.32 Å². The molecule has 0 aromatic carbocycles. The quantitative estimate of drug-likeness (QED) is 0.842. The smallest absolute Gasteiger partial charge is 0.0974 e. The molecule has 0 amide bonds. The molecule has 8 heteroatoms. The van der Waals surface area contributed by atoms with Crippen molar-refractivity contribution in [2.75, 3.05) is 27.2 Å². The molecule has 0 aliphatic rings. The summed E-state index contributed by atoms with van der Waals surface area (Å²) < 4.78 is 10.3. The first-order valence-electron chi connectivity index (χ1n) is 6.50. The molecule has 0 aliphatic carbocycles. The van der Waals surface area contributed by atoms with E-state index in [2.05, 4.69) is 31.0 Å². The van der Waals surface area contributed by atoms with Crippen molar-refractivity contribution in [3.05, 3.63) is 28.8 Å². The van der Waals surface area contributed by atoms with Gasteiger partial charge in [0.25, 0.3) is 0 Å². The molecule has 1 unspecified atom stereocenters. The number of rotatable bonds is 7. The maximum Gasteiger partial charge on any atom is 0.0974 e. The molecular weight excluding hydrogens is 296 g/mol. The molecular formula is C12H19ClN6S. The van der Waals surface area contributed by atoms with Crippen LogP contribution in [-0.4, -0.2) is 50.6 Å². The third kappa shape index (κ3) is 3.54. The Hall–Kier alpha value is -1.02. The Morgan fingerprint density at radius 1 is 1.45 bits per heavy atom. The van der Waals surface area contributed by atoms with Crippen molar-refractivity contribution in [2.24, 2.45) is 0 Å². The van der Waals surface area contributed by atoms with E-state index in [0.29, 0.717) is 5.02 Å². The van der Waals surface area contributed by atoms with Gasteiger partial charge >= 0.3 is 0 Å². The average molecular weight is 315 g/mol. The Balaban J connectivity index is 2.30. The van der Waals surface area contributed by atoms with Gasteiger partial charge in [0, 0.05) is 6.54 Å². The molecule has 0 saturated carbocycles. The summed E-state index contributed by atoms with van der Waals surface area (Å²) in [5, 5.41) is 8.43. The number of hydrogen-bond acceptors (Lipinski definition) is 6. The Bertz CT molecular complexity index is 524. The number of aromatic nitrogens is 4. The second-order valence-corrected chi connectivity index (χ2v) is 5.69. The summed E-state index contributed by atoms with van der Waals surface area (Å²) in [6, 6.07) is -0.0732. The van der Waals surface area contributed by atoms with E-state index in [1.54, 1.807) is 12.4 Å². The lowest BCUT2D eigenvalue weighted by Crippen LogP contribution is -2.27. The van der Waals surface area contributed by atoms with Crippen molar-refractivity contribution in [2.45, 2.75) is 19.5 Å². The zero-order valence-corrected chi connectivity index (χ0v) is 13.4. The van der Waals surface area contributed by atoms with Gasteiger partial charge in [-0.25, -0.2) is 0 Å². The van der Waals surface area contributed by atoms with Crippen LogP contribution in [0.25, 0.3) is 0 Å². The van der Waals surface area contributed by atoms with Crippen LogP contribution in [0.15, 0.2) is 12.4 Å². The first-order valence-corrected chi connectivity index (χ1v) is 7.61. The molecule has 6 nitrogen and oxygen atoms in total. The third-order valence-corrected chi connectivity index (χ3v) is 3.73. The van der Waals surface area contributed by atoms with Gasteiger partial charge in [0.2, 0.25) is 0 Å². The van der Waals surface area contributed by atoms with E-state index >= 15 is 0 Å². The van der Waals surface area contributed by atoms with Gasteiger partial charge < -0.3 is 10.2 Å². The highest BCUT2D eigenvalue weighted by molar-refractivity contribution is 6.99. The maximum absolute atomic E-state index is 6.33. The van der Waals surface area contributed by atoms with Crippen LogP contribution in [0.1, 0.15) is 24.4 Å². The Labute approximate surface area is 128 Å². The van der Waals surface area contributed by atoms with Crippen LogP contribution in [0.3, 0.4) is 0 Å². The summed E-state index contributed by atoms with van der Waals surface area (Å²) in [6.07, 6.45) is 3.47. The van der Waals surface area contributed by atoms with Gasteiger partial charge in [-0.15, -0.1) is 0 Å². The molecule has 0 saturated heterocycles. The topological polar surface area (TPSA) is 58.9 Å². The average Bonchev–Trinajstić information content (AvgIpc) is 3.04. The van der Waals surface area contributed by atoms with Crippen LogP contribution >= 0.6 is 23.3 Å². The molecule has 2 aromatic rings. The lowest BCUT2D eigenvalue weighted by atomic mass is 10.1. The van der Waals surface area contributed by atoms with E-state index in [0.717, 1.165) is 31.0 Å². The lowest BCUT2D eigenvalue weighted by Gasteiger charge is -2.19. The number of nitrogens with zero attached hydrogens (tertiary/aromatic N) is 5. The molecule has 0 spiro atoms. The third-order valence-electron chi connectivity index (χ3n) is 2.95. The van der Waals surface area contributed by atoms with E-state index in [9.17, 15) is 0 Å². The van der Waals surface area contributed by atoms with Gasteiger partial charge in [-0.2, -0.15) is 13.8 Å². The highest BCUT2D eigenvalue weighted by Crippen LogP contribution is 2.27. The fourth-order valence-corrected chi connectivity index (χ4v) is 2.68. The predicted molar refractivity (Wildman–Crippen MR) is 81.2 cm³/mol. The van der Waals surface area contributed by atoms with E-state index in [-0.39, 0.29) is 6.04 Å². The highest BCUT2D eigenvalue weighted by Gasteiger charge is 2.23. The SMILES string of the molecule is CCNC(c1cnsn1)c1c(Cl)cnn1CCN(C)C. The zero-order chi connectivity index (χ0) is 14.5.